The number of benzene rings is 1. The van der Waals surface area contributed by atoms with Crippen molar-refractivity contribution in [2.24, 2.45) is 0 Å². The Morgan fingerprint density at radius 3 is 2.48 bits per heavy atom. The van der Waals surface area contributed by atoms with E-state index in [0.29, 0.717) is 5.76 Å². The Balaban J connectivity index is 2.14. The highest BCUT2D eigenvalue weighted by molar-refractivity contribution is 5.95. The first kappa shape index (κ1) is 17.1. The minimum Gasteiger partial charge on any atom is -0.463 e. The van der Waals surface area contributed by atoms with Gasteiger partial charge in [-0.1, -0.05) is 12.1 Å². The first-order chi connectivity index (χ1) is 10.8. The zero-order valence-corrected chi connectivity index (χ0v) is 12.8. The van der Waals surface area contributed by atoms with Crippen molar-refractivity contribution in [2.45, 2.75) is 12.2 Å². The summed E-state index contributed by atoms with van der Waals surface area (Å²) in [4.78, 5) is 13.1. The van der Waals surface area contributed by atoms with Crippen LogP contribution in [0.5, 0.6) is 0 Å². The number of likely N-dealkylation sites (N-methyl/N-ethyl adjacent to an activating group) is 1. The molecule has 2 N–H and O–H groups in total. The molecular weight excluding hydrogens is 309 g/mol. The van der Waals surface area contributed by atoms with Crippen LogP contribution in [0.3, 0.4) is 0 Å². The molecule has 2 rings (SSSR count). The van der Waals surface area contributed by atoms with Crippen LogP contribution in [0.25, 0.3) is 0 Å². The van der Waals surface area contributed by atoms with E-state index in [1.165, 1.54) is 24.5 Å². The highest BCUT2D eigenvalue weighted by Gasteiger charge is 2.35. The summed E-state index contributed by atoms with van der Waals surface area (Å²) < 4.78 is 44.2. The third kappa shape index (κ3) is 4.13. The van der Waals surface area contributed by atoms with E-state index in [0.717, 1.165) is 11.0 Å². The van der Waals surface area contributed by atoms with Crippen molar-refractivity contribution >= 4 is 5.91 Å². The monoisotopic (exact) mass is 327 g/mol. The molecule has 7 heteroatoms. The molecule has 0 spiro atoms. The van der Waals surface area contributed by atoms with Gasteiger partial charge in [-0.15, -0.1) is 0 Å². The molecule has 0 radical (unpaired) electrons. The van der Waals surface area contributed by atoms with Crippen LogP contribution in [0.4, 0.5) is 13.2 Å². The van der Waals surface area contributed by atoms with Crippen molar-refractivity contribution in [1.82, 2.24) is 5.32 Å². The van der Waals surface area contributed by atoms with Gasteiger partial charge in [0.05, 0.1) is 38.0 Å². The standard InChI is InChI=1S/C16H17F3N2O2/c1-21(2)13(14-8-5-9-23-14)10-20-15(22)11-6-3-4-7-12(11)16(17,18)19/h3-9,13H,10H2,1-2H3,(H,20,22)/p+1/t13-/m1/s1. The minimum atomic E-state index is -4.57. The largest absolute Gasteiger partial charge is 0.463 e. The van der Waals surface area contributed by atoms with E-state index in [-0.39, 0.29) is 18.2 Å². The van der Waals surface area contributed by atoms with Gasteiger partial charge in [0.2, 0.25) is 0 Å². The molecule has 1 aromatic heterocycles. The number of hydrogen-bond acceptors (Lipinski definition) is 2. The van der Waals surface area contributed by atoms with E-state index in [1.54, 1.807) is 12.1 Å². The maximum atomic E-state index is 13.0. The Labute approximate surface area is 131 Å². The summed E-state index contributed by atoms with van der Waals surface area (Å²) in [6.45, 7) is 0.168. The van der Waals surface area contributed by atoms with Crippen LogP contribution in [0, 0.1) is 0 Å². The van der Waals surface area contributed by atoms with Crippen LogP contribution >= 0.6 is 0 Å². The highest BCUT2D eigenvalue weighted by atomic mass is 19.4. The molecule has 0 saturated heterocycles. The molecule has 0 aliphatic rings. The molecule has 124 valence electrons. The molecule has 0 aliphatic heterocycles. The zero-order valence-electron chi connectivity index (χ0n) is 12.8. The van der Waals surface area contributed by atoms with Crippen LogP contribution in [0.15, 0.2) is 47.1 Å². The van der Waals surface area contributed by atoms with Gasteiger partial charge in [0.25, 0.3) is 5.91 Å². The third-order valence-electron chi connectivity index (χ3n) is 3.53. The molecule has 1 heterocycles. The predicted octanol–water partition coefficient (Wildman–Crippen LogP) is 1.91. The lowest BCUT2D eigenvalue weighted by molar-refractivity contribution is -0.891. The van der Waals surface area contributed by atoms with Crippen LogP contribution in [-0.2, 0) is 6.18 Å². The SMILES string of the molecule is C[NH+](C)[C@H](CNC(=O)c1ccccc1C(F)(F)F)c1ccco1. The second-order valence-electron chi connectivity index (χ2n) is 5.40. The topological polar surface area (TPSA) is 46.7 Å². The number of halogens is 3. The van der Waals surface area contributed by atoms with Crippen molar-refractivity contribution in [2.75, 3.05) is 20.6 Å². The number of furan rings is 1. The second-order valence-corrected chi connectivity index (χ2v) is 5.40. The van der Waals surface area contributed by atoms with Crippen molar-refractivity contribution in [3.8, 4) is 0 Å². The second kappa shape index (κ2) is 6.87. The summed E-state index contributed by atoms with van der Waals surface area (Å²) in [5.41, 5.74) is -1.32. The Kier molecular flexibility index (Phi) is 5.10. The number of carbonyl (C=O) groups excluding carboxylic acids is 1. The highest BCUT2D eigenvalue weighted by Crippen LogP contribution is 2.31. The van der Waals surface area contributed by atoms with Crippen molar-refractivity contribution in [1.29, 1.82) is 0 Å². The molecular formula is C16H18F3N2O2+. The number of nitrogens with one attached hydrogen (secondary N) is 2. The molecule has 1 aromatic carbocycles. The lowest BCUT2D eigenvalue weighted by Gasteiger charge is -2.20. The fourth-order valence-corrected chi connectivity index (χ4v) is 2.30. The summed E-state index contributed by atoms with van der Waals surface area (Å²) in [5.74, 6) is -0.0925. The van der Waals surface area contributed by atoms with Crippen LogP contribution in [-0.4, -0.2) is 26.5 Å². The molecule has 1 atom stereocenters. The van der Waals surface area contributed by atoms with Gasteiger partial charge in [-0.3, -0.25) is 4.79 Å². The number of amides is 1. The Hall–Kier alpha value is -2.28. The lowest BCUT2D eigenvalue weighted by atomic mass is 10.1. The molecule has 1 amide bonds. The minimum absolute atomic E-state index is 0.168. The van der Waals surface area contributed by atoms with Crippen molar-refractivity contribution in [3.63, 3.8) is 0 Å². The number of alkyl halides is 3. The Morgan fingerprint density at radius 1 is 1.22 bits per heavy atom. The first-order valence-electron chi connectivity index (χ1n) is 7.08. The van der Waals surface area contributed by atoms with Gasteiger partial charge in [-0.2, -0.15) is 13.2 Å². The Bertz CT molecular complexity index is 652. The molecule has 4 nitrogen and oxygen atoms in total. The summed E-state index contributed by atoms with van der Waals surface area (Å²) >= 11 is 0. The predicted molar refractivity (Wildman–Crippen MR) is 78.0 cm³/mol. The fourth-order valence-electron chi connectivity index (χ4n) is 2.30. The number of hydrogen-bond donors (Lipinski definition) is 2. The lowest BCUT2D eigenvalue weighted by Crippen LogP contribution is -3.07. The van der Waals surface area contributed by atoms with E-state index in [2.05, 4.69) is 5.32 Å². The van der Waals surface area contributed by atoms with Crippen LogP contribution in [0.1, 0.15) is 27.7 Å². The van der Waals surface area contributed by atoms with E-state index in [1.807, 2.05) is 14.1 Å². The molecule has 0 fully saturated rings. The maximum absolute atomic E-state index is 13.0. The van der Waals surface area contributed by atoms with Crippen molar-refractivity contribution < 1.29 is 27.3 Å². The average molecular weight is 327 g/mol. The number of quaternary nitrogens is 1. The molecule has 0 aliphatic carbocycles. The van der Waals surface area contributed by atoms with Gasteiger partial charge < -0.3 is 14.6 Å². The third-order valence-corrected chi connectivity index (χ3v) is 3.53. The number of carbonyl (C=O) groups is 1. The molecule has 2 aromatic rings. The maximum Gasteiger partial charge on any atom is 0.417 e. The van der Waals surface area contributed by atoms with Gasteiger partial charge >= 0.3 is 6.18 Å². The first-order valence-corrected chi connectivity index (χ1v) is 7.08. The van der Waals surface area contributed by atoms with Gasteiger partial charge in [-0.25, -0.2) is 0 Å². The molecule has 0 saturated carbocycles. The van der Waals surface area contributed by atoms with Gasteiger partial charge in [0.1, 0.15) is 0 Å². The van der Waals surface area contributed by atoms with Crippen LogP contribution in [0.2, 0.25) is 0 Å². The van der Waals surface area contributed by atoms with E-state index in [4.69, 9.17) is 4.42 Å². The van der Waals surface area contributed by atoms with E-state index in [9.17, 15) is 18.0 Å². The molecule has 0 unspecified atom stereocenters. The van der Waals surface area contributed by atoms with E-state index < -0.39 is 17.6 Å². The van der Waals surface area contributed by atoms with Crippen molar-refractivity contribution in [3.05, 3.63) is 59.5 Å². The quantitative estimate of drug-likeness (QED) is 0.881. The normalized spacial score (nSPS) is 13.1. The van der Waals surface area contributed by atoms with E-state index >= 15 is 0 Å². The summed E-state index contributed by atoms with van der Waals surface area (Å²) in [7, 11) is 3.76. The Morgan fingerprint density at radius 2 is 1.91 bits per heavy atom. The summed E-state index contributed by atoms with van der Waals surface area (Å²) in [5, 5.41) is 2.56. The van der Waals surface area contributed by atoms with Gasteiger partial charge in [-0.05, 0) is 24.3 Å². The smallest absolute Gasteiger partial charge is 0.417 e. The summed E-state index contributed by atoms with van der Waals surface area (Å²) in [6.07, 6.45) is -3.05. The van der Waals surface area contributed by atoms with Gasteiger partial charge in [0, 0.05) is 0 Å². The molecule has 23 heavy (non-hydrogen) atoms. The fraction of sp³-hybridized carbons (Fsp3) is 0.312. The molecule has 0 bridgehead atoms. The zero-order chi connectivity index (χ0) is 17.0. The van der Waals surface area contributed by atoms with Gasteiger partial charge in [0.15, 0.2) is 11.8 Å². The number of rotatable bonds is 5. The average Bonchev–Trinajstić information content (AvgIpc) is 3.00. The van der Waals surface area contributed by atoms with Crippen LogP contribution < -0.4 is 10.2 Å². The summed E-state index contributed by atoms with van der Waals surface area (Å²) in [6, 6.07) is 8.05.